The van der Waals surface area contributed by atoms with Crippen molar-refractivity contribution in [2.75, 3.05) is 5.32 Å². The summed E-state index contributed by atoms with van der Waals surface area (Å²) in [5.74, 6) is 2.54. The predicted octanol–water partition coefficient (Wildman–Crippen LogP) is 3.70. The van der Waals surface area contributed by atoms with Gasteiger partial charge >= 0.3 is 6.03 Å². The molecule has 1 aromatic heterocycles. The Bertz CT molecular complexity index is 774. The van der Waals surface area contributed by atoms with E-state index < -0.39 is 0 Å². The number of carbonyl (C=O) groups is 1. The summed E-state index contributed by atoms with van der Waals surface area (Å²) in [6.07, 6.45) is 8.91. The minimum Gasteiger partial charge on any atom is -0.307 e. The molecule has 20 heavy (non-hydrogen) atoms. The highest BCUT2D eigenvalue weighted by atomic mass is 16.2. The van der Waals surface area contributed by atoms with Crippen molar-refractivity contribution in [1.29, 1.82) is 0 Å². The van der Waals surface area contributed by atoms with Crippen LogP contribution >= 0.6 is 0 Å². The molecular weight excluding hydrogens is 248 g/mol. The SMILES string of the molecule is C#Cc1ccc(NC(=O)n2cc3ccccc3c2)cc1. The number of hydrogen-bond acceptors (Lipinski definition) is 1. The molecule has 2 aromatic carbocycles. The van der Waals surface area contributed by atoms with E-state index in [1.165, 1.54) is 0 Å². The Morgan fingerprint density at radius 3 is 2.15 bits per heavy atom. The number of aromatic nitrogens is 1. The number of nitrogens with zero attached hydrogens (tertiary/aromatic N) is 1. The van der Waals surface area contributed by atoms with E-state index in [9.17, 15) is 4.79 Å². The maximum atomic E-state index is 12.1. The molecule has 0 aliphatic rings. The Morgan fingerprint density at radius 1 is 1.00 bits per heavy atom. The predicted molar refractivity (Wildman–Crippen MR) is 80.7 cm³/mol. The summed E-state index contributed by atoms with van der Waals surface area (Å²) >= 11 is 0. The van der Waals surface area contributed by atoms with Crippen LogP contribution in [0.3, 0.4) is 0 Å². The van der Waals surface area contributed by atoms with E-state index in [0.717, 1.165) is 16.3 Å². The molecule has 0 saturated carbocycles. The fraction of sp³-hybridized carbons (Fsp3) is 0. The van der Waals surface area contributed by atoms with Gasteiger partial charge in [0.05, 0.1) is 0 Å². The van der Waals surface area contributed by atoms with E-state index in [4.69, 9.17) is 6.42 Å². The fourth-order valence-electron chi connectivity index (χ4n) is 2.04. The van der Waals surface area contributed by atoms with Gasteiger partial charge in [0.2, 0.25) is 0 Å². The molecule has 3 aromatic rings. The normalized spacial score (nSPS) is 10.2. The van der Waals surface area contributed by atoms with E-state index in [-0.39, 0.29) is 6.03 Å². The van der Waals surface area contributed by atoms with Gasteiger partial charge in [-0.25, -0.2) is 4.79 Å². The first-order chi connectivity index (χ1) is 9.76. The summed E-state index contributed by atoms with van der Waals surface area (Å²) in [4.78, 5) is 12.1. The topological polar surface area (TPSA) is 34.0 Å². The van der Waals surface area contributed by atoms with Crippen molar-refractivity contribution in [3.8, 4) is 12.3 Å². The first-order valence-corrected chi connectivity index (χ1v) is 6.21. The van der Waals surface area contributed by atoms with Crippen molar-refractivity contribution < 1.29 is 4.79 Å². The molecule has 96 valence electrons. The first-order valence-electron chi connectivity index (χ1n) is 6.21. The summed E-state index contributed by atoms with van der Waals surface area (Å²) < 4.78 is 1.54. The third-order valence-corrected chi connectivity index (χ3v) is 3.09. The number of terminal acetylenes is 1. The molecule has 0 aliphatic heterocycles. The zero-order valence-electron chi connectivity index (χ0n) is 10.7. The van der Waals surface area contributed by atoms with Gasteiger partial charge in [0, 0.05) is 23.6 Å². The molecule has 0 bridgehead atoms. The number of rotatable bonds is 1. The molecule has 0 unspecified atom stereocenters. The second-order valence-corrected chi connectivity index (χ2v) is 4.45. The number of nitrogens with one attached hydrogen (secondary N) is 1. The second-order valence-electron chi connectivity index (χ2n) is 4.45. The Balaban J connectivity index is 1.83. The molecule has 0 spiro atoms. The van der Waals surface area contributed by atoms with Gasteiger partial charge in [0.25, 0.3) is 0 Å². The fourth-order valence-corrected chi connectivity index (χ4v) is 2.04. The quantitative estimate of drug-likeness (QED) is 0.665. The third kappa shape index (κ3) is 2.27. The average Bonchev–Trinajstić information content (AvgIpc) is 2.92. The van der Waals surface area contributed by atoms with Crippen LogP contribution in [0.2, 0.25) is 0 Å². The van der Waals surface area contributed by atoms with Crippen LogP contribution in [0.4, 0.5) is 10.5 Å². The molecule has 3 heteroatoms. The number of benzene rings is 2. The highest BCUT2D eigenvalue weighted by Gasteiger charge is 2.06. The van der Waals surface area contributed by atoms with E-state index in [1.54, 1.807) is 41.2 Å². The smallest absolute Gasteiger partial charge is 0.307 e. The summed E-state index contributed by atoms with van der Waals surface area (Å²) in [6, 6.07) is 14.8. The van der Waals surface area contributed by atoms with Crippen LogP contribution < -0.4 is 5.32 Å². The monoisotopic (exact) mass is 260 g/mol. The minimum absolute atomic E-state index is 0.199. The van der Waals surface area contributed by atoms with Crippen molar-refractivity contribution in [1.82, 2.24) is 4.57 Å². The Labute approximate surface area is 116 Å². The number of fused-ring (bicyclic) bond motifs is 1. The van der Waals surface area contributed by atoms with Crippen molar-refractivity contribution in [2.24, 2.45) is 0 Å². The Morgan fingerprint density at radius 2 is 1.60 bits per heavy atom. The van der Waals surface area contributed by atoms with Crippen LogP contribution in [0.5, 0.6) is 0 Å². The van der Waals surface area contributed by atoms with Crippen LogP contribution in [0.25, 0.3) is 10.8 Å². The average molecular weight is 260 g/mol. The van der Waals surface area contributed by atoms with Gasteiger partial charge < -0.3 is 5.32 Å². The first kappa shape index (κ1) is 12.1. The molecule has 1 heterocycles. The number of hydrogen-bond donors (Lipinski definition) is 1. The standard InChI is InChI=1S/C17H12N2O/c1-2-13-7-9-16(10-8-13)18-17(20)19-11-14-5-3-4-6-15(14)12-19/h1,3-12H,(H,18,20). The van der Waals surface area contributed by atoms with E-state index in [0.29, 0.717) is 5.69 Å². The molecule has 3 rings (SSSR count). The van der Waals surface area contributed by atoms with Crippen LogP contribution in [-0.4, -0.2) is 10.6 Å². The zero-order valence-corrected chi connectivity index (χ0v) is 10.7. The maximum absolute atomic E-state index is 12.1. The van der Waals surface area contributed by atoms with E-state index in [1.807, 2.05) is 24.3 Å². The molecule has 0 radical (unpaired) electrons. The summed E-state index contributed by atoms with van der Waals surface area (Å²) in [6.45, 7) is 0. The summed E-state index contributed by atoms with van der Waals surface area (Å²) in [5.41, 5.74) is 1.50. The molecule has 0 saturated heterocycles. The van der Waals surface area contributed by atoms with Crippen molar-refractivity contribution in [3.63, 3.8) is 0 Å². The minimum atomic E-state index is -0.199. The maximum Gasteiger partial charge on any atom is 0.329 e. The van der Waals surface area contributed by atoms with Crippen molar-refractivity contribution >= 4 is 22.5 Å². The van der Waals surface area contributed by atoms with Gasteiger partial charge in [0.1, 0.15) is 0 Å². The zero-order chi connectivity index (χ0) is 13.9. The summed E-state index contributed by atoms with van der Waals surface area (Å²) in [7, 11) is 0. The number of anilines is 1. The Hall–Kier alpha value is -2.99. The lowest BCUT2D eigenvalue weighted by Gasteiger charge is -2.05. The van der Waals surface area contributed by atoms with E-state index in [2.05, 4.69) is 11.2 Å². The lowest BCUT2D eigenvalue weighted by molar-refractivity contribution is 0.253. The molecule has 0 fully saturated rings. The van der Waals surface area contributed by atoms with Crippen molar-refractivity contribution in [2.45, 2.75) is 0 Å². The largest absolute Gasteiger partial charge is 0.329 e. The van der Waals surface area contributed by atoms with Gasteiger partial charge in [-0.15, -0.1) is 6.42 Å². The summed E-state index contributed by atoms with van der Waals surface area (Å²) in [5, 5.41) is 4.89. The van der Waals surface area contributed by atoms with E-state index >= 15 is 0 Å². The Kier molecular flexibility index (Phi) is 2.98. The van der Waals surface area contributed by atoms with Crippen LogP contribution in [0.1, 0.15) is 5.56 Å². The highest BCUT2D eigenvalue weighted by Crippen LogP contribution is 2.15. The van der Waals surface area contributed by atoms with Crippen LogP contribution in [-0.2, 0) is 0 Å². The second kappa shape index (κ2) is 4.94. The number of amides is 1. The van der Waals surface area contributed by atoms with Crippen LogP contribution in [0.15, 0.2) is 60.9 Å². The number of carbonyl (C=O) groups excluding carboxylic acids is 1. The van der Waals surface area contributed by atoms with Crippen molar-refractivity contribution in [3.05, 3.63) is 66.5 Å². The molecule has 0 aliphatic carbocycles. The molecule has 3 nitrogen and oxygen atoms in total. The van der Waals surface area contributed by atoms with Crippen LogP contribution in [0, 0.1) is 12.3 Å². The van der Waals surface area contributed by atoms with Gasteiger partial charge in [-0.3, -0.25) is 4.57 Å². The third-order valence-electron chi connectivity index (χ3n) is 3.09. The lowest BCUT2D eigenvalue weighted by Crippen LogP contribution is -2.17. The van der Waals surface area contributed by atoms with Gasteiger partial charge in [-0.2, -0.15) is 0 Å². The molecular formula is C17H12N2O. The van der Waals surface area contributed by atoms with Gasteiger partial charge in [0.15, 0.2) is 0 Å². The van der Waals surface area contributed by atoms with Gasteiger partial charge in [-0.1, -0.05) is 30.2 Å². The molecule has 1 amide bonds. The highest BCUT2D eigenvalue weighted by molar-refractivity contribution is 5.95. The van der Waals surface area contributed by atoms with Gasteiger partial charge in [-0.05, 0) is 35.0 Å². The molecule has 0 atom stereocenters. The lowest BCUT2D eigenvalue weighted by atomic mass is 10.2. The molecule has 1 N–H and O–H groups in total.